The maximum absolute atomic E-state index is 13.4. The van der Waals surface area contributed by atoms with Gasteiger partial charge in [0, 0.05) is 31.2 Å². The second-order valence-electron chi connectivity index (χ2n) is 5.21. The van der Waals surface area contributed by atoms with E-state index < -0.39 is 5.82 Å². The highest BCUT2D eigenvalue weighted by Gasteiger charge is 2.32. The van der Waals surface area contributed by atoms with Crippen LogP contribution < -0.4 is 0 Å². The number of carbonyl (C=O) groups excluding carboxylic acids is 1. The normalized spacial score (nSPS) is 23.5. The van der Waals surface area contributed by atoms with Crippen molar-refractivity contribution in [3.8, 4) is 0 Å². The maximum Gasteiger partial charge on any atom is 0.254 e. The fraction of sp³-hybridized carbons (Fsp3) is 0.500. The summed E-state index contributed by atoms with van der Waals surface area (Å²) in [4.78, 5) is 16.6. The Labute approximate surface area is 116 Å². The molecular weight excluding hydrogens is 267 g/mol. The Morgan fingerprint density at radius 1 is 1.32 bits per heavy atom. The summed E-state index contributed by atoms with van der Waals surface area (Å²) in [5, 5.41) is 0.0529. The second-order valence-corrected chi connectivity index (χ2v) is 5.62. The van der Waals surface area contributed by atoms with E-state index in [9.17, 15) is 9.18 Å². The van der Waals surface area contributed by atoms with Crippen molar-refractivity contribution in [3.05, 3.63) is 34.6 Å². The van der Waals surface area contributed by atoms with E-state index in [1.54, 1.807) is 6.07 Å². The van der Waals surface area contributed by atoms with E-state index in [0.717, 1.165) is 32.6 Å². The largest absolute Gasteiger partial charge is 0.336 e. The highest BCUT2D eigenvalue weighted by atomic mass is 35.5. The van der Waals surface area contributed by atoms with Gasteiger partial charge in [-0.2, -0.15) is 0 Å². The molecule has 1 unspecified atom stereocenters. The van der Waals surface area contributed by atoms with Crippen molar-refractivity contribution < 1.29 is 9.18 Å². The molecule has 0 bridgehead atoms. The number of hydrogen-bond donors (Lipinski definition) is 0. The molecule has 0 saturated carbocycles. The van der Waals surface area contributed by atoms with Crippen LogP contribution in [0.25, 0.3) is 0 Å². The zero-order valence-corrected chi connectivity index (χ0v) is 11.4. The van der Waals surface area contributed by atoms with Gasteiger partial charge < -0.3 is 4.90 Å². The Balaban J connectivity index is 1.74. The summed E-state index contributed by atoms with van der Waals surface area (Å²) >= 11 is 5.64. The van der Waals surface area contributed by atoms with Crippen LogP contribution in [-0.4, -0.2) is 47.9 Å². The van der Waals surface area contributed by atoms with Crippen LogP contribution in [0.5, 0.6) is 0 Å². The Morgan fingerprint density at radius 2 is 2.16 bits per heavy atom. The molecule has 3 nitrogen and oxygen atoms in total. The first-order valence-electron chi connectivity index (χ1n) is 6.63. The number of piperazine rings is 1. The molecule has 1 aromatic carbocycles. The molecule has 1 amide bonds. The lowest BCUT2D eigenvalue weighted by Gasteiger charge is -2.37. The number of halogens is 2. The zero-order valence-electron chi connectivity index (χ0n) is 10.6. The molecule has 2 aliphatic heterocycles. The fourth-order valence-corrected chi connectivity index (χ4v) is 3.10. The van der Waals surface area contributed by atoms with E-state index in [4.69, 9.17) is 11.6 Å². The van der Waals surface area contributed by atoms with E-state index in [1.165, 1.54) is 18.6 Å². The van der Waals surface area contributed by atoms with Crippen LogP contribution in [0.4, 0.5) is 4.39 Å². The molecule has 2 aliphatic rings. The molecule has 0 N–H and O–H groups in total. The Morgan fingerprint density at radius 3 is 2.95 bits per heavy atom. The minimum atomic E-state index is -0.535. The molecule has 3 rings (SSSR count). The molecule has 2 saturated heterocycles. The molecule has 0 radical (unpaired) electrons. The number of benzene rings is 1. The van der Waals surface area contributed by atoms with Crippen LogP contribution in [0.2, 0.25) is 5.02 Å². The van der Waals surface area contributed by atoms with Gasteiger partial charge >= 0.3 is 0 Å². The quantitative estimate of drug-likeness (QED) is 0.790. The number of rotatable bonds is 1. The first-order valence-corrected chi connectivity index (χ1v) is 7.01. The van der Waals surface area contributed by atoms with Gasteiger partial charge in [-0.3, -0.25) is 9.69 Å². The molecule has 0 aromatic heterocycles. The van der Waals surface area contributed by atoms with E-state index in [0.29, 0.717) is 11.6 Å². The first kappa shape index (κ1) is 12.9. The van der Waals surface area contributed by atoms with Gasteiger partial charge in [0.2, 0.25) is 0 Å². The molecule has 0 spiro atoms. The van der Waals surface area contributed by atoms with Gasteiger partial charge in [-0.1, -0.05) is 11.6 Å². The van der Waals surface area contributed by atoms with Crippen molar-refractivity contribution in [1.82, 2.24) is 9.80 Å². The summed E-state index contributed by atoms with van der Waals surface area (Å²) in [5.41, 5.74) is 0.383. The van der Waals surface area contributed by atoms with Gasteiger partial charge in [0.25, 0.3) is 5.91 Å². The van der Waals surface area contributed by atoms with Gasteiger partial charge in [-0.15, -0.1) is 0 Å². The SMILES string of the molecule is O=C(c1ccc(Cl)c(F)c1)N1CCN2CCCC2C1. The van der Waals surface area contributed by atoms with E-state index in [2.05, 4.69) is 4.90 Å². The molecule has 1 aromatic rings. The summed E-state index contributed by atoms with van der Waals surface area (Å²) in [5.74, 6) is -0.630. The van der Waals surface area contributed by atoms with Crippen molar-refractivity contribution in [2.75, 3.05) is 26.2 Å². The highest BCUT2D eigenvalue weighted by molar-refractivity contribution is 6.30. The number of carbonyl (C=O) groups is 1. The molecular formula is C14H16ClFN2O. The Bertz CT molecular complexity index is 508. The molecule has 2 fully saturated rings. The van der Waals surface area contributed by atoms with Gasteiger partial charge in [0.15, 0.2) is 0 Å². The van der Waals surface area contributed by atoms with Crippen molar-refractivity contribution >= 4 is 17.5 Å². The van der Waals surface area contributed by atoms with E-state index in [-0.39, 0.29) is 10.9 Å². The number of hydrogen-bond acceptors (Lipinski definition) is 2. The van der Waals surface area contributed by atoms with Crippen LogP contribution in [0, 0.1) is 5.82 Å². The highest BCUT2D eigenvalue weighted by Crippen LogP contribution is 2.23. The lowest BCUT2D eigenvalue weighted by Crippen LogP contribution is -2.52. The monoisotopic (exact) mass is 282 g/mol. The maximum atomic E-state index is 13.4. The molecule has 5 heteroatoms. The smallest absolute Gasteiger partial charge is 0.254 e. The van der Waals surface area contributed by atoms with Crippen molar-refractivity contribution in [2.45, 2.75) is 18.9 Å². The Kier molecular flexibility index (Phi) is 3.46. The van der Waals surface area contributed by atoms with Crippen LogP contribution in [0.1, 0.15) is 23.2 Å². The summed E-state index contributed by atoms with van der Waals surface area (Å²) in [7, 11) is 0. The minimum Gasteiger partial charge on any atom is -0.336 e. The van der Waals surface area contributed by atoms with Gasteiger partial charge in [-0.05, 0) is 37.6 Å². The molecule has 1 atom stereocenters. The average molecular weight is 283 g/mol. The summed E-state index contributed by atoms with van der Waals surface area (Å²) in [6.45, 7) is 3.54. The van der Waals surface area contributed by atoms with Gasteiger partial charge in [-0.25, -0.2) is 4.39 Å². The first-order chi connectivity index (χ1) is 9.15. The number of fused-ring (bicyclic) bond motifs is 1. The third-order valence-electron chi connectivity index (χ3n) is 4.04. The van der Waals surface area contributed by atoms with E-state index >= 15 is 0 Å². The second kappa shape index (κ2) is 5.10. The van der Waals surface area contributed by atoms with E-state index in [1.807, 2.05) is 4.90 Å². The topological polar surface area (TPSA) is 23.6 Å². The average Bonchev–Trinajstić information content (AvgIpc) is 2.88. The standard InChI is InChI=1S/C14H16ClFN2O/c15-12-4-3-10(8-13(12)16)14(19)18-7-6-17-5-1-2-11(17)9-18/h3-4,8,11H,1-2,5-7,9H2. The molecule has 2 heterocycles. The fourth-order valence-electron chi connectivity index (χ4n) is 2.99. The predicted octanol–water partition coefficient (Wildman–Crippen LogP) is 2.40. The summed E-state index contributed by atoms with van der Waals surface area (Å²) < 4.78 is 13.4. The van der Waals surface area contributed by atoms with Gasteiger partial charge in [0.1, 0.15) is 5.82 Å². The molecule has 0 aliphatic carbocycles. The minimum absolute atomic E-state index is 0.0529. The number of nitrogens with zero attached hydrogens (tertiary/aromatic N) is 2. The predicted molar refractivity (Wildman–Crippen MR) is 71.9 cm³/mol. The summed E-state index contributed by atoms with van der Waals surface area (Å²) in [6, 6.07) is 4.74. The van der Waals surface area contributed by atoms with Crippen molar-refractivity contribution in [3.63, 3.8) is 0 Å². The Hall–Kier alpha value is -1.13. The lowest BCUT2D eigenvalue weighted by atomic mass is 10.1. The third kappa shape index (κ3) is 2.47. The number of amides is 1. The van der Waals surface area contributed by atoms with Crippen LogP contribution >= 0.6 is 11.6 Å². The van der Waals surface area contributed by atoms with Crippen LogP contribution in [-0.2, 0) is 0 Å². The molecule has 102 valence electrons. The lowest BCUT2D eigenvalue weighted by molar-refractivity contribution is 0.0571. The summed E-state index contributed by atoms with van der Waals surface area (Å²) in [6.07, 6.45) is 2.36. The third-order valence-corrected chi connectivity index (χ3v) is 4.35. The molecule has 19 heavy (non-hydrogen) atoms. The van der Waals surface area contributed by atoms with Crippen molar-refractivity contribution in [2.24, 2.45) is 0 Å². The van der Waals surface area contributed by atoms with Crippen LogP contribution in [0.15, 0.2) is 18.2 Å². The van der Waals surface area contributed by atoms with Crippen LogP contribution in [0.3, 0.4) is 0 Å². The van der Waals surface area contributed by atoms with Crippen molar-refractivity contribution in [1.29, 1.82) is 0 Å². The zero-order chi connectivity index (χ0) is 13.4. The van der Waals surface area contributed by atoms with Gasteiger partial charge in [0.05, 0.1) is 5.02 Å².